The minimum Gasteiger partial charge on any atom is -0.347 e. The predicted molar refractivity (Wildman–Crippen MR) is 164 cm³/mol. The number of benzene rings is 1. The lowest BCUT2D eigenvalue weighted by Crippen LogP contribution is -2.48. The first-order valence-corrected chi connectivity index (χ1v) is 16.2. The molecular formula is C31H45FN4O5S. The summed E-state index contributed by atoms with van der Waals surface area (Å²) in [6, 6.07) is 6.03. The summed E-state index contributed by atoms with van der Waals surface area (Å²) < 4.78 is 51.9. The Morgan fingerprint density at radius 3 is 2.19 bits per heavy atom. The zero-order valence-corrected chi connectivity index (χ0v) is 27.2. The fraction of sp³-hybridized carbons (Fsp3) is 0.581. The van der Waals surface area contributed by atoms with Gasteiger partial charge in [-0.25, -0.2) is 27.1 Å². The Bertz CT molecular complexity index is 1380. The summed E-state index contributed by atoms with van der Waals surface area (Å²) in [5, 5.41) is 0. The molecule has 3 rings (SSSR count). The number of carbonyl (C=O) groups excluding carboxylic acids is 1. The summed E-state index contributed by atoms with van der Waals surface area (Å²) in [5.74, 6) is -1.34. The summed E-state index contributed by atoms with van der Waals surface area (Å²) in [4.78, 5) is 24.3. The fourth-order valence-electron chi connectivity index (χ4n) is 5.26. The normalized spacial score (nSPS) is 19.2. The Morgan fingerprint density at radius 2 is 1.67 bits per heavy atom. The first-order chi connectivity index (χ1) is 19.4. The van der Waals surface area contributed by atoms with E-state index in [0.29, 0.717) is 28.9 Å². The third kappa shape index (κ3) is 8.35. The number of carbonyl (C=O) groups is 1. The lowest BCUT2D eigenvalue weighted by atomic mass is 9.96. The van der Waals surface area contributed by atoms with Gasteiger partial charge in [0.15, 0.2) is 5.79 Å². The van der Waals surface area contributed by atoms with E-state index in [-0.39, 0.29) is 48.5 Å². The van der Waals surface area contributed by atoms with Gasteiger partial charge in [0, 0.05) is 36.7 Å². The van der Waals surface area contributed by atoms with Gasteiger partial charge in [-0.05, 0) is 71.7 Å². The number of anilines is 1. The summed E-state index contributed by atoms with van der Waals surface area (Å²) in [6.45, 7) is 15.6. The number of hydrogen-bond donors (Lipinski definition) is 0. The van der Waals surface area contributed by atoms with E-state index < -0.39 is 21.6 Å². The Kier molecular flexibility index (Phi) is 10.5. The zero-order valence-electron chi connectivity index (χ0n) is 26.4. The third-order valence-corrected chi connectivity index (χ3v) is 8.23. The van der Waals surface area contributed by atoms with Crippen LogP contribution in [0.25, 0.3) is 17.3 Å². The number of amides is 1. The van der Waals surface area contributed by atoms with Crippen molar-refractivity contribution in [3.63, 3.8) is 0 Å². The molecule has 0 radical (unpaired) electrons. The predicted octanol–water partition coefficient (Wildman–Crippen LogP) is 5.76. The molecule has 0 unspecified atom stereocenters. The van der Waals surface area contributed by atoms with Crippen LogP contribution < -0.4 is 4.31 Å². The van der Waals surface area contributed by atoms with Gasteiger partial charge in [-0.15, -0.1) is 0 Å². The first-order valence-electron chi connectivity index (χ1n) is 14.4. The van der Waals surface area contributed by atoms with Crippen molar-refractivity contribution < 1.29 is 27.1 Å². The van der Waals surface area contributed by atoms with E-state index in [1.54, 1.807) is 12.1 Å². The van der Waals surface area contributed by atoms with Crippen molar-refractivity contribution in [3.8, 4) is 11.3 Å². The van der Waals surface area contributed by atoms with Crippen molar-refractivity contribution >= 4 is 28.0 Å². The van der Waals surface area contributed by atoms with Crippen LogP contribution in [-0.2, 0) is 24.3 Å². The molecule has 0 bridgehead atoms. The van der Waals surface area contributed by atoms with E-state index in [2.05, 4.69) is 9.97 Å². The van der Waals surface area contributed by atoms with Crippen molar-refractivity contribution in [2.45, 2.75) is 104 Å². The molecule has 1 aromatic heterocycles. The van der Waals surface area contributed by atoms with Crippen molar-refractivity contribution in [2.75, 3.05) is 17.6 Å². The van der Waals surface area contributed by atoms with Gasteiger partial charge in [0.05, 0.1) is 36.3 Å². The van der Waals surface area contributed by atoms with Crippen LogP contribution in [0, 0.1) is 5.82 Å². The number of rotatable bonds is 10. The molecule has 9 nitrogen and oxygen atoms in total. The molecule has 1 aromatic carbocycles. The molecule has 232 valence electrons. The fourth-order valence-corrected chi connectivity index (χ4v) is 5.64. The highest BCUT2D eigenvalue weighted by molar-refractivity contribution is 7.92. The molecule has 0 aliphatic carbocycles. The average Bonchev–Trinajstić information content (AvgIpc) is 2.85. The van der Waals surface area contributed by atoms with E-state index in [1.807, 2.05) is 72.4 Å². The Hall–Kier alpha value is -2.89. The number of aromatic nitrogens is 2. The molecule has 1 aliphatic heterocycles. The van der Waals surface area contributed by atoms with Gasteiger partial charge >= 0.3 is 0 Å². The maximum absolute atomic E-state index is 13.8. The monoisotopic (exact) mass is 604 g/mol. The molecule has 1 fully saturated rings. The van der Waals surface area contributed by atoms with Crippen LogP contribution in [-0.4, -0.2) is 72.6 Å². The highest BCUT2D eigenvalue weighted by Crippen LogP contribution is 2.34. The van der Waals surface area contributed by atoms with Gasteiger partial charge in [-0.2, -0.15) is 0 Å². The quantitative estimate of drug-likeness (QED) is 0.340. The summed E-state index contributed by atoms with van der Waals surface area (Å²) >= 11 is 0. The highest BCUT2D eigenvalue weighted by Gasteiger charge is 2.37. The zero-order chi connectivity index (χ0) is 31.6. The van der Waals surface area contributed by atoms with Crippen LogP contribution in [0.4, 0.5) is 10.3 Å². The van der Waals surface area contributed by atoms with E-state index in [0.717, 1.165) is 10.6 Å². The lowest BCUT2D eigenvalue weighted by Gasteiger charge is -2.41. The first kappa shape index (κ1) is 33.6. The second-order valence-corrected chi connectivity index (χ2v) is 14.2. The standard InChI is InChI=1S/C31H45FN4O5S/c1-19(2)28-26(29(22-11-13-23(32)14-12-22)34-30(33-28)35(9)42(10,38)39)16-15-24-17-25(41-31(7,8)40-24)18-27(37)36(20(3)4)21(5)6/h11-16,19-21,24-25H,17-18H2,1-10H3/t24-,25-/m1/s1. The summed E-state index contributed by atoms with van der Waals surface area (Å²) in [7, 11) is -2.23. The van der Waals surface area contributed by atoms with E-state index in [1.165, 1.54) is 19.2 Å². The third-order valence-electron chi connectivity index (χ3n) is 7.07. The van der Waals surface area contributed by atoms with Crippen LogP contribution >= 0.6 is 0 Å². The molecule has 2 aromatic rings. The second-order valence-electron chi connectivity index (χ2n) is 12.1. The van der Waals surface area contributed by atoms with Crippen molar-refractivity contribution in [1.29, 1.82) is 0 Å². The number of sulfonamides is 1. The van der Waals surface area contributed by atoms with Crippen molar-refractivity contribution in [2.24, 2.45) is 0 Å². The highest BCUT2D eigenvalue weighted by atomic mass is 32.2. The number of ether oxygens (including phenoxy) is 2. The smallest absolute Gasteiger partial charge is 0.239 e. The molecule has 2 atom stereocenters. The lowest BCUT2D eigenvalue weighted by molar-refractivity contribution is -0.290. The van der Waals surface area contributed by atoms with Crippen LogP contribution in [0.1, 0.15) is 85.4 Å². The summed E-state index contributed by atoms with van der Waals surface area (Å²) in [5.41, 5.74) is 2.39. The molecule has 11 heteroatoms. The summed E-state index contributed by atoms with van der Waals surface area (Å²) in [6.07, 6.45) is 4.84. The Morgan fingerprint density at radius 1 is 1.07 bits per heavy atom. The minimum absolute atomic E-state index is 0.0274. The van der Waals surface area contributed by atoms with Gasteiger partial charge in [0.2, 0.25) is 21.9 Å². The molecule has 0 N–H and O–H groups in total. The van der Waals surface area contributed by atoms with Crippen LogP contribution in [0.15, 0.2) is 30.3 Å². The molecule has 1 aliphatic rings. The number of hydrogen-bond acceptors (Lipinski definition) is 7. The molecular weight excluding hydrogens is 559 g/mol. The molecule has 1 amide bonds. The molecule has 0 spiro atoms. The maximum atomic E-state index is 13.8. The van der Waals surface area contributed by atoms with E-state index >= 15 is 0 Å². The van der Waals surface area contributed by atoms with Crippen LogP contribution in [0.3, 0.4) is 0 Å². The second kappa shape index (κ2) is 13.2. The van der Waals surface area contributed by atoms with Gasteiger partial charge in [-0.3, -0.25) is 4.79 Å². The molecule has 42 heavy (non-hydrogen) atoms. The SMILES string of the molecule is CC(C)c1nc(N(C)S(C)(=O)=O)nc(-c2ccc(F)cc2)c1C=C[C@@H]1C[C@H](CC(=O)N(C(C)C)C(C)C)OC(C)(C)O1. The minimum atomic E-state index is -3.63. The van der Waals surface area contributed by atoms with Crippen LogP contribution in [0.2, 0.25) is 0 Å². The topological polar surface area (TPSA) is 102 Å². The Labute approximate surface area is 250 Å². The van der Waals surface area contributed by atoms with Gasteiger partial charge < -0.3 is 14.4 Å². The van der Waals surface area contributed by atoms with E-state index in [4.69, 9.17) is 9.47 Å². The molecule has 1 saturated heterocycles. The van der Waals surface area contributed by atoms with Gasteiger partial charge in [0.1, 0.15) is 5.82 Å². The molecule has 2 heterocycles. The van der Waals surface area contributed by atoms with Gasteiger partial charge in [0.25, 0.3) is 0 Å². The van der Waals surface area contributed by atoms with Crippen LogP contribution in [0.5, 0.6) is 0 Å². The van der Waals surface area contributed by atoms with E-state index in [9.17, 15) is 17.6 Å². The van der Waals surface area contributed by atoms with Crippen molar-refractivity contribution in [3.05, 3.63) is 47.4 Å². The Balaban J connectivity index is 2.04. The average molecular weight is 605 g/mol. The maximum Gasteiger partial charge on any atom is 0.239 e. The van der Waals surface area contributed by atoms with Gasteiger partial charge in [-0.1, -0.05) is 26.0 Å². The number of nitrogens with zero attached hydrogens (tertiary/aromatic N) is 4. The number of halogens is 1. The molecule has 0 saturated carbocycles. The largest absolute Gasteiger partial charge is 0.347 e. The van der Waals surface area contributed by atoms with Crippen molar-refractivity contribution in [1.82, 2.24) is 14.9 Å².